The summed E-state index contributed by atoms with van der Waals surface area (Å²) in [6.45, 7) is 2.37. The predicted octanol–water partition coefficient (Wildman–Crippen LogP) is 0.241. The Bertz CT molecular complexity index is 299. The molecule has 0 spiro atoms. The second-order valence-electron chi connectivity index (χ2n) is 4.56. The molecule has 1 rings (SSSR count). The summed E-state index contributed by atoms with van der Waals surface area (Å²) in [5, 5.41) is 0. The zero-order valence-corrected chi connectivity index (χ0v) is 12.5. The highest BCUT2D eigenvalue weighted by Crippen LogP contribution is 2.26. The largest absolute Gasteiger partial charge is 0.359 e. The molecule has 118 valence electrons. The van der Waals surface area contributed by atoms with Crippen LogP contribution in [-0.2, 0) is 28.4 Å². The summed E-state index contributed by atoms with van der Waals surface area (Å²) >= 11 is 0. The number of nitrogens with two attached hydrogens (primary N) is 1. The van der Waals surface area contributed by atoms with Gasteiger partial charge in [-0.15, -0.1) is 0 Å². The monoisotopic (exact) mass is 291 g/mol. The Kier molecular flexibility index (Phi) is 8.24. The van der Waals surface area contributed by atoms with Gasteiger partial charge in [0.05, 0.1) is 6.04 Å². The third kappa shape index (κ3) is 4.78. The lowest BCUT2D eigenvalue weighted by molar-refractivity contribution is -0.205. The van der Waals surface area contributed by atoms with Gasteiger partial charge in [-0.05, 0) is 12.5 Å². The zero-order chi connectivity index (χ0) is 15.0. The van der Waals surface area contributed by atoms with Crippen molar-refractivity contribution in [2.24, 2.45) is 5.73 Å². The van der Waals surface area contributed by atoms with Gasteiger partial charge in [-0.1, -0.05) is 6.08 Å². The third-order valence-electron chi connectivity index (χ3n) is 3.03. The summed E-state index contributed by atoms with van der Waals surface area (Å²) in [4.78, 5) is 0. The third-order valence-corrected chi connectivity index (χ3v) is 3.03. The molecule has 0 bridgehead atoms. The molecule has 0 aliphatic heterocycles. The zero-order valence-electron chi connectivity index (χ0n) is 12.5. The van der Waals surface area contributed by atoms with Crippen LogP contribution in [0.1, 0.15) is 6.92 Å². The molecular formula is C13H25NO6. The van der Waals surface area contributed by atoms with Crippen molar-refractivity contribution in [3.8, 4) is 0 Å². The fraction of sp³-hybridized carbons (Fsp3) is 0.846. The highest BCUT2D eigenvalue weighted by atomic mass is 16.7. The minimum absolute atomic E-state index is 0.129. The normalized spacial score (nSPS) is 30.4. The molecule has 0 saturated heterocycles. The first kappa shape index (κ1) is 17.5. The molecule has 2 N–H and O–H groups in total. The second-order valence-corrected chi connectivity index (χ2v) is 4.56. The molecule has 20 heavy (non-hydrogen) atoms. The molecule has 0 saturated carbocycles. The Hall–Kier alpha value is -0.540. The number of methoxy groups -OCH3 is 3. The average molecular weight is 291 g/mol. The maximum atomic E-state index is 6.10. The van der Waals surface area contributed by atoms with Gasteiger partial charge in [0.15, 0.2) is 0 Å². The quantitative estimate of drug-likeness (QED) is 0.481. The van der Waals surface area contributed by atoms with E-state index in [2.05, 4.69) is 0 Å². The molecule has 0 fully saturated rings. The van der Waals surface area contributed by atoms with Crippen molar-refractivity contribution < 1.29 is 28.4 Å². The molecule has 7 nitrogen and oxygen atoms in total. The summed E-state index contributed by atoms with van der Waals surface area (Å²) in [5.74, 6) is 0. The predicted molar refractivity (Wildman–Crippen MR) is 72.0 cm³/mol. The van der Waals surface area contributed by atoms with Crippen LogP contribution in [0.2, 0.25) is 0 Å². The maximum absolute atomic E-state index is 6.10. The van der Waals surface area contributed by atoms with Crippen LogP contribution in [0.3, 0.4) is 0 Å². The van der Waals surface area contributed by atoms with Crippen LogP contribution in [0.15, 0.2) is 11.6 Å². The molecule has 0 aromatic carbocycles. The van der Waals surface area contributed by atoms with Crippen LogP contribution in [0.25, 0.3) is 0 Å². The lowest BCUT2D eigenvalue weighted by atomic mass is 9.89. The Morgan fingerprint density at radius 3 is 1.95 bits per heavy atom. The Morgan fingerprint density at radius 2 is 1.40 bits per heavy atom. The van der Waals surface area contributed by atoms with E-state index >= 15 is 0 Å². The number of ether oxygens (including phenoxy) is 6. The molecule has 0 heterocycles. The highest BCUT2D eigenvalue weighted by Gasteiger charge is 2.40. The van der Waals surface area contributed by atoms with Gasteiger partial charge >= 0.3 is 0 Å². The van der Waals surface area contributed by atoms with Crippen molar-refractivity contribution in [1.29, 1.82) is 0 Å². The molecule has 0 amide bonds. The first-order valence-corrected chi connectivity index (χ1v) is 6.41. The van der Waals surface area contributed by atoms with Crippen LogP contribution in [-0.4, -0.2) is 66.1 Å². The summed E-state index contributed by atoms with van der Waals surface area (Å²) in [5.41, 5.74) is 7.08. The van der Waals surface area contributed by atoms with Gasteiger partial charge < -0.3 is 34.2 Å². The van der Waals surface area contributed by atoms with Crippen molar-refractivity contribution in [1.82, 2.24) is 0 Å². The van der Waals surface area contributed by atoms with E-state index in [1.807, 2.05) is 13.0 Å². The molecule has 1 aliphatic rings. The van der Waals surface area contributed by atoms with Gasteiger partial charge in [-0.2, -0.15) is 0 Å². The van der Waals surface area contributed by atoms with Crippen molar-refractivity contribution in [2.45, 2.75) is 31.3 Å². The lowest BCUT2D eigenvalue weighted by Gasteiger charge is -2.39. The molecule has 4 atom stereocenters. The summed E-state index contributed by atoms with van der Waals surface area (Å²) < 4.78 is 31.8. The topological polar surface area (TPSA) is 81.4 Å². The van der Waals surface area contributed by atoms with Crippen LogP contribution in [0.4, 0.5) is 0 Å². The van der Waals surface area contributed by atoms with E-state index in [-0.39, 0.29) is 44.7 Å². The van der Waals surface area contributed by atoms with Crippen molar-refractivity contribution >= 4 is 0 Å². The second kappa shape index (κ2) is 9.41. The molecule has 1 aliphatic carbocycles. The molecule has 0 unspecified atom stereocenters. The van der Waals surface area contributed by atoms with Crippen molar-refractivity contribution in [2.75, 3.05) is 41.7 Å². The first-order valence-electron chi connectivity index (χ1n) is 6.41. The molecule has 0 aromatic rings. The smallest absolute Gasteiger partial charge is 0.147 e. The Labute approximate surface area is 119 Å². The summed E-state index contributed by atoms with van der Waals surface area (Å²) in [6.07, 6.45) is 0.843. The number of rotatable bonds is 9. The van der Waals surface area contributed by atoms with Crippen LogP contribution >= 0.6 is 0 Å². The van der Waals surface area contributed by atoms with E-state index in [0.717, 1.165) is 5.57 Å². The molecule has 7 heteroatoms. The Morgan fingerprint density at radius 1 is 0.900 bits per heavy atom. The maximum Gasteiger partial charge on any atom is 0.147 e. The van der Waals surface area contributed by atoms with E-state index in [0.29, 0.717) is 0 Å². The van der Waals surface area contributed by atoms with Gasteiger partial charge in [0.1, 0.15) is 38.7 Å². The minimum Gasteiger partial charge on any atom is -0.359 e. The van der Waals surface area contributed by atoms with E-state index in [4.69, 9.17) is 34.2 Å². The van der Waals surface area contributed by atoms with Crippen molar-refractivity contribution in [3.05, 3.63) is 11.6 Å². The van der Waals surface area contributed by atoms with E-state index in [1.54, 1.807) is 21.3 Å². The lowest BCUT2D eigenvalue weighted by Crippen LogP contribution is -2.55. The molecule has 0 radical (unpaired) electrons. The van der Waals surface area contributed by atoms with Gasteiger partial charge in [-0.25, -0.2) is 0 Å². The SMILES string of the molecule is COCO[C@H]1[C@H](OCOC)[C@H](OCOC)C(C)=C[C@H]1N. The van der Waals surface area contributed by atoms with Crippen molar-refractivity contribution in [3.63, 3.8) is 0 Å². The van der Waals surface area contributed by atoms with Gasteiger partial charge in [0, 0.05) is 21.3 Å². The fourth-order valence-corrected chi connectivity index (χ4v) is 2.19. The van der Waals surface area contributed by atoms with E-state index in [1.165, 1.54) is 0 Å². The highest BCUT2D eigenvalue weighted by molar-refractivity contribution is 5.20. The van der Waals surface area contributed by atoms with Gasteiger partial charge in [0.25, 0.3) is 0 Å². The fourth-order valence-electron chi connectivity index (χ4n) is 2.19. The van der Waals surface area contributed by atoms with Gasteiger partial charge in [0.2, 0.25) is 0 Å². The Balaban J connectivity index is 2.83. The van der Waals surface area contributed by atoms with Gasteiger partial charge in [-0.3, -0.25) is 0 Å². The molecular weight excluding hydrogens is 266 g/mol. The van der Waals surface area contributed by atoms with Crippen LogP contribution in [0.5, 0.6) is 0 Å². The van der Waals surface area contributed by atoms with Crippen LogP contribution < -0.4 is 5.73 Å². The standard InChI is InChI=1S/C13H25NO6/c1-9-5-10(14)12(19-7-16-3)13(20-8-17-4)11(9)18-6-15-2/h5,10-13H,6-8,14H2,1-4H3/t10-,11-,12-,13-/m1/s1. The minimum atomic E-state index is -0.389. The van der Waals surface area contributed by atoms with Crippen LogP contribution in [0, 0.1) is 0 Å². The average Bonchev–Trinajstić information content (AvgIpc) is 2.43. The van der Waals surface area contributed by atoms with E-state index < -0.39 is 0 Å². The first-order chi connectivity index (χ1) is 9.65. The summed E-state index contributed by atoms with van der Waals surface area (Å²) in [7, 11) is 4.68. The molecule has 0 aromatic heterocycles. The number of hydrogen-bond donors (Lipinski definition) is 1. The summed E-state index contributed by atoms with van der Waals surface area (Å²) in [6, 6.07) is -0.297. The van der Waals surface area contributed by atoms with E-state index in [9.17, 15) is 0 Å². The number of hydrogen-bond acceptors (Lipinski definition) is 7.